The fraction of sp³-hybridized carbons (Fsp3) is 0.375. The van der Waals surface area contributed by atoms with E-state index in [4.69, 9.17) is 10.5 Å². The monoisotopic (exact) mass is 306 g/mol. The summed E-state index contributed by atoms with van der Waals surface area (Å²) in [6.45, 7) is 11.2. The number of para-hydroxylation sites is 2. The number of carbonyl (C=O) groups excluding carboxylic acids is 1. The lowest BCUT2D eigenvalue weighted by Crippen LogP contribution is -2.23. The fourth-order valence-electron chi connectivity index (χ4n) is 1.56. The summed E-state index contributed by atoms with van der Waals surface area (Å²) >= 11 is 0. The Kier molecular flexibility index (Phi) is 9.09. The molecule has 0 aromatic heterocycles. The second-order valence-corrected chi connectivity index (χ2v) is 4.07. The highest BCUT2D eigenvalue weighted by atomic mass is 16.5. The molecule has 0 aliphatic rings. The molecule has 0 bridgehead atoms. The second kappa shape index (κ2) is 10.3. The van der Waals surface area contributed by atoms with Gasteiger partial charge in [0, 0.05) is 13.8 Å². The van der Waals surface area contributed by atoms with Crippen LogP contribution in [-0.2, 0) is 9.53 Å². The summed E-state index contributed by atoms with van der Waals surface area (Å²) < 4.78 is 4.99. The van der Waals surface area contributed by atoms with Gasteiger partial charge in [-0.25, -0.2) is 4.79 Å². The first-order valence-electron chi connectivity index (χ1n) is 7.21. The summed E-state index contributed by atoms with van der Waals surface area (Å²) in [5.74, 6) is 0.0522. The van der Waals surface area contributed by atoms with Crippen LogP contribution >= 0.6 is 0 Å². The molecule has 3 N–H and O–H groups in total. The van der Waals surface area contributed by atoms with Crippen molar-refractivity contribution in [2.75, 3.05) is 24.7 Å². The average Bonchev–Trinajstić information content (AvgIpc) is 2.55. The van der Waals surface area contributed by atoms with Crippen molar-refractivity contribution in [1.82, 2.24) is 5.01 Å². The summed E-state index contributed by atoms with van der Waals surface area (Å²) in [6, 6.07) is 7.25. The van der Waals surface area contributed by atoms with E-state index in [0.717, 1.165) is 0 Å². The van der Waals surface area contributed by atoms with E-state index in [1.807, 2.05) is 32.0 Å². The van der Waals surface area contributed by atoms with Gasteiger partial charge in [-0.1, -0.05) is 26.0 Å². The zero-order chi connectivity index (χ0) is 17.1. The van der Waals surface area contributed by atoms with E-state index in [1.54, 1.807) is 27.0 Å². The molecule has 0 aliphatic heterocycles. The zero-order valence-electron chi connectivity index (χ0n) is 14.0. The van der Waals surface area contributed by atoms with Crippen LogP contribution < -0.4 is 11.1 Å². The number of ether oxygens (including phenoxy) is 1. The second-order valence-electron chi connectivity index (χ2n) is 4.07. The zero-order valence-corrected chi connectivity index (χ0v) is 14.0. The maximum Gasteiger partial charge on any atom is 0.337 e. The van der Waals surface area contributed by atoms with Crippen LogP contribution in [0.4, 0.5) is 11.4 Å². The highest BCUT2D eigenvalue weighted by Crippen LogP contribution is 2.21. The summed E-state index contributed by atoms with van der Waals surface area (Å²) in [5.41, 5.74) is 7.52. The lowest BCUT2D eigenvalue weighted by Gasteiger charge is -2.21. The maximum absolute atomic E-state index is 11.8. The molecular formula is C16H26N4O2. The molecule has 0 radical (unpaired) electrons. The average molecular weight is 306 g/mol. The molecule has 0 spiro atoms. The Hall–Kier alpha value is -2.50. The molecule has 0 atom stereocenters. The smallest absolute Gasteiger partial charge is 0.337 e. The van der Waals surface area contributed by atoms with E-state index in [1.165, 1.54) is 5.01 Å². The molecule has 0 unspecified atom stereocenters. The number of nitrogens with one attached hydrogen (secondary N) is 1. The van der Waals surface area contributed by atoms with Gasteiger partial charge < -0.3 is 15.8 Å². The predicted molar refractivity (Wildman–Crippen MR) is 92.5 cm³/mol. The Labute approximate surface area is 132 Å². The quantitative estimate of drug-likeness (QED) is 0.278. The van der Waals surface area contributed by atoms with Crippen LogP contribution in [0, 0.1) is 0 Å². The number of nitrogens with two attached hydrogens (primary N) is 1. The van der Waals surface area contributed by atoms with Gasteiger partial charge in [-0.15, -0.1) is 0 Å². The van der Waals surface area contributed by atoms with Crippen molar-refractivity contribution in [2.45, 2.75) is 27.7 Å². The molecule has 0 aliphatic carbocycles. The first kappa shape index (κ1) is 19.5. The molecular weight excluding hydrogens is 280 g/mol. The molecule has 0 fully saturated rings. The minimum absolute atomic E-state index is 0.308. The molecule has 0 saturated carbocycles. The van der Waals surface area contributed by atoms with Crippen LogP contribution in [0.15, 0.2) is 40.8 Å². The van der Waals surface area contributed by atoms with E-state index in [-0.39, 0.29) is 0 Å². The number of nitrogen functional groups attached to an aromatic ring is 1. The number of esters is 1. The van der Waals surface area contributed by atoms with Crippen molar-refractivity contribution >= 4 is 24.1 Å². The van der Waals surface area contributed by atoms with Gasteiger partial charge in [0.1, 0.15) is 5.82 Å². The molecule has 0 amide bonds. The minimum Gasteiger partial charge on any atom is -0.463 e. The van der Waals surface area contributed by atoms with E-state index in [2.05, 4.69) is 17.1 Å². The maximum atomic E-state index is 11.8. The molecule has 1 rings (SSSR count). The number of nitrogens with zero attached hydrogens (tertiary/aromatic N) is 2. The van der Waals surface area contributed by atoms with Gasteiger partial charge in [0.15, 0.2) is 0 Å². The number of carbonyl (C=O) groups is 1. The first-order chi connectivity index (χ1) is 10.5. The third kappa shape index (κ3) is 5.47. The Morgan fingerprint density at radius 2 is 2.00 bits per heavy atom. The van der Waals surface area contributed by atoms with E-state index in [9.17, 15) is 4.79 Å². The molecule has 122 valence electrons. The van der Waals surface area contributed by atoms with Crippen LogP contribution in [0.2, 0.25) is 0 Å². The number of anilines is 2. The highest BCUT2D eigenvalue weighted by molar-refractivity contribution is 5.89. The van der Waals surface area contributed by atoms with Gasteiger partial charge in [-0.05, 0) is 26.0 Å². The third-order valence-corrected chi connectivity index (χ3v) is 2.69. The van der Waals surface area contributed by atoms with Crippen molar-refractivity contribution in [1.29, 1.82) is 0 Å². The normalized spacial score (nSPS) is 10.6. The number of hydrazone groups is 1. The summed E-state index contributed by atoms with van der Waals surface area (Å²) in [4.78, 5) is 11.8. The third-order valence-electron chi connectivity index (χ3n) is 2.69. The van der Waals surface area contributed by atoms with Gasteiger partial charge in [-0.2, -0.15) is 5.10 Å². The van der Waals surface area contributed by atoms with Crippen LogP contribution in [-0.4, -0.2) is 31.4 Å². The molecule has 6 heteroatoms. The van der Waals surface area contributed by atoms with Crippen LogP contribution in [0.5, 0.6) is 0 Å². The van der Waals surface area contributed by atoms with Gasteiger partial charge in [0.2, 0.25) is 0 Å². The fourth-order valence-corrected chi connectivity index (χ4v) is 1.56. The van der Waals surface area contributed by atoms with E-state index >= 15 is 0 Å². The van der Waals surface area contributed by atoms with E-state index in [0.29, 0.717) is 29.4 Å². The Morgan fingerprint density at radius 1 is 1.41 bits per heavy atom. The van der Waals surface area contributed by atoms with Gasteiger partial charge in [0.05, 0.1) is 23.6 Å². The topological polar surface area (TPSA) is 80.0 Å². The molecule has 1 aromatic rings. The van der Waals surface area contributed by atoms with Crippen molar-refractivity contribution in [3.63, 3.8) is 0 Å². The van der Waals surface area contributed by atoms with Gasteiger partial charge in [0.25, 0.3) is 0 Å². The summed E-state index contributed by atoms with van der Waals surface area (Å²) in [6.07, 6.45) is 0. The number of hydrogen-bond acceptors (Lipinski definition) is 6. The number of benzene rings is 1. The van der Waals surface area contributed by atoms with Gasteiger partial charge in [-0.3, -0.25) is 5.01 Å². The molecule has 6 nitrogen and oxygen atoms in total. The van der Waals surface area contributed by atoms with Crippen LogP contribution in [0.1, 0.15) is 27.7 Å². The van der Waals surface area contributed by atoms with Crippen molar-refractivity contribution < 1.29 is 9.53 Å². The lowest BCUT2D eigenvalue weighted by molar-refractivity contribution is -0.138. The Morgan fingerprint density at radius 3 is 2.50 bits per heavy atom. The molecule has 1 aromatic carbocycles. The SMILES string of the molecule is C=NN(C)/C(Nc1ccccc1N)=C(\C)C(=O)OCC.CC. The summed E-state index contributed by atoms with van der Waals surface area (Å²) in [5, 5.41) is 8.33. The number of rotatable bonds is 6. The van der Waals surface area contributed by atoms with E-state index < -0.39 is 5.97 Å². The lowest BCUT2D eigenvalue weighted by atomic mass is 10.2. The Bertz CT molecular complexity index is 527. The van der Waals surface area contributed by atoms with Crippen LogP contribution in [0.25, 0.3) is 0 Å². The first-order valence-corrected chi connectivity index (χ1v) is 7.21. The van der Waals surface area contributed by atoms with Crippen LogP contribution in [0.3, 0.4) is 0 Å². The predicted octanol–water partition coefficient (Wildman–Crippen LogP) is 3.05. The molecule has 0 heterocycles. The highest BCUT2D eigenvalue weighted by Gasteiger charge is 2.16. The van der Waals surface area contributed by atoms with Crippen molar-refractivity contribution in [3.05, 3.63) is 35.7 Å². The van der Waals surface area contributed by atoms with Crippen molar-refractivity contribution in [2.24, 2.45) is 5.10 Å². The number of hydrogen-bond donors (Lipinski definition) is 2. The van der Waals surface area contributed by atoms with Crippen molar-refractivity contribution in [3.8, 4) is 0 Å². The Balaban J connectivity index is 0.00000211. The molecule has 22 heavy (non-hydrogen) atoms. The largest absolute Gasteiger partial charge is 0.463 e. The summed E-state index contributed by atoms with van der Waals surface area (Å²) in [7, 11) is 1.68. The van der Waals surface area contributed by atoms with Gasteiger partial charge >= 0.3 is 5.97 Å². The minimum atomic E-state index is -0.417. The standard InChI is InChI=1S/C14H20N4O2.C2H6/c1-5-20-14(19)10(2)13(18(4)16-3)17-12-9-7-6-8-11(12)15;1-2/h6-9,17H,3,5,15H2,1-2,4H3;1-2H3/b13-10+;. The molecule has 0 saturated heterocycles.